The Kier molecular flexibility index (Phi) is 8.22. The van der Waals surface area contributed by atoms with E-state index in [9.17, 15) is 0 Å². The number of rotatable bonds is 4. The van der Waals surface area contributed by atoms with Crippen molar-refractivity contribution < 1.29 is 49.7 Å². The third-order valence-corrected chi connectivity index (χ3v) is 5.15. The minimum absolute atomic E-state index is 0. The van der Waals surface area contributed by atoms with Crippen molar-refractivity contribution in [1.29, 1.82) is 0 Å². The number of halogens is 2. The van der Waals surface area contributed by atoms with Crippen LogP contribution in [0.3, 0.4) is 0 Å². The third-order valence-electron chi connectivity index (χ3n) is 3.58. The standard InChI is InChI=1S/C17H23OSi.2ClH.Ti/c1-17(2,14-10-6-7-11-14)15-12-8-9-13-16(15)18-19(3,4)5;;;/h6,8-10,12-13H,7H2,1-5H3;2*1H;/q;;;+2/p-2. The molecule has 1 aromatic rings. The first-order valence-corrected chi connectivity index (χ1v) is 11.3. The van der Waals surface area contributed by atoms with E-state index in [0.29, 0.717) is 0 Å². The van der Waals surface area contributed by atoms with E-state index in [-0.39, 0.29) is 30.2 Å². The van der Waals surface area contributed by atoms with Crippen LogP contribution in [0.15, 0.2) is 45.9 Å². The molecule has 0 atom stereocenters. The monoisotopic (exact) mass is 389 g/mol. The number of allylic oxidation sites excluding steroid dienone is 4. The minimum atomic E-state index is -1.60. The fraction of sp³-hybridized carbons (Fsp3) is 0.412. The Labute approximate surface area is 160 Å². The second-order valence-corrected chi connectivity index (χ2v) is 12.2. The van der Waals surface area contributed by atoms with Crippen molar-refractivity contribution in [3.8, 4) is 5.75 Å². The van der Waals surface area contributed by atoms with Crippen molar-refractivity contribution in [2.24, 2.45) is 0 Å². The Morgan fingerprint density at radius 1 is 1.09 bits per heavy atom. The van der Waals surface area contributed by atoms with Crippen LogP contribution in [0.25, 0.3) is 0 Å². The van der Waals surface area contributed by atoms with Crippen LogP contribution in [0.4, 0.5) is 0 Å². The molecule has 1 nitrogen and oxygen atoms in total. The fourth-order valence-corrected chi connectivity index (χ4v) is 4.28. The second kappa shape index (κ2) is 8.21. The van der Waals surface area contributed by atoms with Crippen molar-refractivity contribution in [2.45, 2.75) is 45.3 Å². The minimum Gasteiger partial charge on any atom is -1.00 e. The first-order chi connectivity index (χ1) is 9.22. The molecule has 0 amide bonds. The molecule has 0 unspecified atom stereocenters. The van der Waals surface area contributed by atoms with Gasteiger partial charge in [0.25, 0.3) is 0 Å². The average molecular weight is 390 g/mol. The Morgan fingerprint density at radius 2 is 1.68 bits per heavy atom. The molecular formula is C17H23Cl2OSiTi. The normalized spacial score (nSPS) is 14.5. The van der Waals surface area contributed by atoms with Gasteiger partial charge in [-0.25, -0.2) is 0 Å². The van der Waals surface area contributed by atoms with Crippen LogP contribution in [0, 0.1) is 0 Å². The fourth-order valence-electron chi connectivity index (χ4n) is 2.64. The van der Waals surface area contributed by atoms with E-state index in [1.165, 1.54) is 15.0 Å². The molecule has 0 aliphatic heterocycles. The summed E-state index contributed by atoms with van der Waals surface area (Å²) in [6.07, 6.45) is 5.62. The summed E-state index contributed by atoms with van der Waals surface area (Å²) in [4.78, 5) is 0. The molecule has 1 aromatic carbocycles. The maximum atomic E-state index is 6.31. The van der Waals surface area contributed by atoms with Gasteiger partial charge in [0.2, 0.25) is 0 Å². The van der Waals surface area contributed by atoms with Crippen molar-refractivity contribution in [1.82, 2.24) is 0 Å². The molecule has 0 radical (unpaired) electrons. The summed E-state index contributed by atoms with van der Waals surface area (Å²) in [5.74, 6) is 1.05. The van der Waals surface area contributed by atoms with Crippen LogP contribution in [-0.2, 0) is 25.9 Å². The van der Waals surface area contributed by atoms with E-state index in [0.717, 1.165) is 12.2 Å². The third kappa shape index (κ3) is 5.01. The summed E-state index contributed by atoms with van der Waals surface area (Å²) in [6.45, 7) is 11.3. The predicted octanol–water partition coefficient (Wildman–Crippen LogP) is -1.05. The van der Waals surface area contributed by atoms with Gasteiger partial charge in [0, 0.05) is 0 Å². The molecular weight excluding hydrogens is 367 g/mol. The van der Waals surface area contributed by atoms with Gasteiger partial charge in [-0.2, -0.15) is 0 Å². The van der Waals surface area contributed by atoms with E-state index < -0.39 is 8.32 Å². The van der Waals surface area contributed by atoms with Crippen molar-refractivity contribution >= 4 is 8.32 Å². The molecule has 0 saturated carbocycles. The van der Waals surface area contributed by atoms with Crippen LogP contribution in [0.1, 0.15) is 25.8 Å². The number of para-hydroxylation sites is 1. The van der Waals surface area contributed by atoms with E-state index in [1.807, 2.05) is 0 Å². The predicted molar refractivity (Wildman–Crippen MR) is 84.2 cm³/mol. The maximum Gasteiger partial charge on any atom is -1.00 e. The summed E-state index contributed by atoms with van der Waals surface area (Å²) in [5, 5.41) is 0. The van der Waals surface area contributed by atoms with Gasteiger partial charge >= 0.3 is 136 Å². The van der Waals surface area contributed by atoms with Gasteiger partial charge in [-0.15, -0.1) is 0 Å². The molecule has 2 rings (SSSR count). The van der Waals surface area contributed by atoms with Gasteiger partial charge in [0.1, 0.15) is 0 Å². The van der Waals surface area contributed by atoms with Gasteiger partial charge in [-0.1, -0.05) is 0 Å². The molecule has 0 aromatic heterocycles. The molecule has 0 bridgehead atoms. The zero-order chi connectivity index (χ0) is 15.0. The maximum absolute atomic E-state index is 6.31. The first-order valence-electron chi connectivity index (χ1n) is 7.12. The SMILES string of the molecule is CC(C)(C1=[C]([Ti+2])CC=C1)c1ccccc1O[Si](C)(C)C.[Cl-].[Cl-]. The van der Waals surface area contributed by atoms with Crippen LogP contribution < -0.4 is 29.2 Å². The topological polar surface area (TPSA) is 9.23 Å². The number of hydrogen-bond donors (Lipinski definition) is 0. The van der Waals surface area contributed by atoms with Gasteiger partial charge in [0.05, 0.1) is 0 Å². The summed E-state index contributed by atoms with van der Waals surface area (Å²) in [6, 6.07) is 8.51. The van der Waals surface area contributed by atoms with Gasteiger partial charge < -0.3 is 24.8 Å². The van der Waals surface area contributed by atoms with Crippen LogP contribution >= 0.6 is 0 Å². The Morgan fingerprint density at radius 3 is 2.18 bits per heavy atom. The molecule has 0 N–H and O–H groups in total. The number of benzene rings is 1. The van der Waals surface area contributed by atoms with Gasteiger partial charge in [-0.3, -0.25) is 0 Å². The Hall–Kier alpha value is 0.0112. The molecule has 5 heteroatoms. The van der Waals surface area contributed by atoms with Gasteiger partial charge in [0.15, 0.2) is 0 Å². The molecule has 0 fully saturated rings. The quantitative estimate of drug-likeness (QED) is 0.597. The van der Waals surface area contributed by atoms with Gasteiger partial charge in [-0.05, 0) is 0 Å². The van der Waals surface area contributed by atoms with Crippen molar-refractivity contribution in [3.05, 3.63) is 51.4 Å². The molecule has 1 aliphatic carbocycles. The van der Waals surface area contributed by atoms with E-state index in [4.69, 9.17) is 4.43 Å². The summed E-state index contributed by atoms with van der Waals surface area (Å²) >= 11 is 2.24. The van der Waals surface area contributed by atoms with Crippen LogP contribution in [-0.4, -0.2) is 8.32 Å². The zero-order valence-electron chi connectivity index (χ0n) is 13.8. The molecule has 0 heterocycles. The first kappa shape index (κ1) is 22.0. The van der Waals surface area contributed by atoms with E-state index in [2.05, 4.69) is 90.3 Å². The molecule has 0 saturated heterocycles. The van der Waals surface area contributed by atoms with Crippen molar-refractivity contribution in [3.63, 3.8) is 0 Å². The average Bonchev–Trinajstić information content (AvgIpc) is 2.74. The Bertz CT molecular complexity index is 574. The summed E-state index contributed by atoms with van der Waals surface area (Å²) in [7, 11) is -1.60. The largest absolute Gasteiger partial charge is 1.00 e. The molecule has 1 aliphatic rings. The number of hydrogen-bond acceptors (Lipinski definition) is 1. The second-order valence-electron chi connectivity index (χ2n) is 6.83. The van der Waals surface area contributed by atoms with Crippen molar-refractivity contribution in [2.75, 3.05) is 0 Å². The summed E-state index contributed by atoms with van der Waals surface area (Å²) < 4.78 is 7.78. The molecule has 22 heavy (non-hydrogen) atoms. The van der Waals surface area contributed by atoms with Crippen LogP contribution in [0.5, 0.6) is 5.75 Å². The zero-order valence-corrected chi connectivity index (χ0v) is 17.9. The molecule has 119 valence electrons. The Balaban J connectivity index is 0.00000220. The van der Waals surface area contributed by atoms with E-state index >= 15 is 0 Å². The smallest absolute Gasteiger partial charge is 1.00 e. The molecule has 0 spiro atoms. The summed E-state index contributed by atoms with van der Waals surface area (Å²) in [5.41, 5.74) is 2.72. The van der Waals surface area contributed by atoms with Crippen LogP contribution in [0.2, 0.25) is 19.6 Å². The van der Waals surface area contributed by atoms with E-state index in [1.54, 1.807) is 0 Å².